The Bertz CT molecular complexity index is 822. The van der Waals surface area contributed by atoms with Crippen LogP contribution in [-0.2, 0) is 6.54 Å². The van der Waals surface area contributed by atoms with Gasteiger partial charge >= 0.3 is 0 Å². The maximum absolute atomic E-state index is 4.85. The Kier molecular flexibility index (Phi) is 4.60. The zero-order valence-corrected chi connectivity index (χ0v) is 15.0. The van der Waals surface area contributed by atoms with E-state index in [4.69, 9.17) is 4.98 Å². The quantitative estimate of drug-likeness (QED) is 0.752. The molecule has 0 aliphatic carbocycles. The molecule has 24 heavy (non-hydrogen) atoms. The first kappa shape index (κ1) is 15.7. The number of rotatable bonds is 3. The Labute approximate surface area is 149 Å². The highest BCUT2D eigenvalue weighted by atomic mass is 79.9. The molecule has 0 atom stereocenters. The molecule has 124 valence electrons. The molecule has 1 N–H and O–H groups in total. The predicted octanol–water partition coefficient (Wildman–Crippen LogP) is 2.95. The fraction of sp³-hybridized carbons (Fsp3) is 0.333. The Hall–Kier alpha value is -1.76. The number of halogens is 1. The number of nitrogens with zero attached hydrogens (tertiary/aromatic N) is 4. The van der Waals surface area contributed by atoms with Gasteiger partial charge in [-0.1, -0.05) is 6.07 Å². The average Bonchev–Trinajstić information content (AvgIpc) is 2.78. The summed E-state index contributed by atoms with van der Waals surface area (Å²) in [5.41, 5.74) is 4.07. The van der Waals surface area contributed by atoms with Crippen LogP contribution in [0.1, 0.15) is 12.1 Å². The van der Waals surface area contributed by atoms with E-state index in [2.05, 4.69) is 41.7 Å². The monoisotopic (exact) mass is 385 g/mol. The van der Waals surface area contributed by atoms with Gasteiger partial charge in [-0.05, 0) is 59.7 Å². The van der Waals surface area contributed by atoms with Crippen LogP contribution in [-0.4, -0.2) is 45.4 Å². The van der Waals surface area contributed by atoms with Crippen molar-refractivity contribution in [1.29, 1.82) is 0 Å². The Morgan fingerprint density at radius 3 is 2.96 bits per heavy atom. The summed E-state index contributed by atoms with van der Waals surface area (Å²) in [5.74, 6) is 0. The molecular weight excluding hydrogens is 366 g/mol. The van der Waals surface area contributed by atoms with Gasteiger partial charge in [-0.15, -0.1) is 0 Å². The third kappa shape index (κ3) is 3.22. The lowest BCUT2D eigenvalue weighted by molar-refractivity contribution is 0.280. The van der Waals surface area contributed by atoms with Crippen molar-refractivity contribution in [3.05, 3.63) is 52.9 Å². The molecule has 4 heterocycles. The summed E-state index contributed by atoms with van der Waals surface area (Å²) in [7, 11) is 0. The normalized spacial score (nSPS) is 16.4. The van der Waals surface area contributed by atoms with E-state index in [1.807, 2.05) is 36.5 Å². The first-order chi connectivity index (χ1) is 11.8. The molecule has 1 saturated heterocycles. The molecule has 1 aliphatic heterocycles. The van der Waals surface area contributed by atoms with Gasteiger partial charge < -0.3 is 9.72 Å². The molecule has 0 spiro atoms. The highest BCUT2D eigenvalue weighted by Gasteiger charge is 2.18. The summed E-state index contributed by atoms with van der Waals surface area (Å²) < 4.78 is 3.24. The molecule has 0 amide bonds. The minimum atomic E-state index is 0.880. The van der Waals surface area contributed by atoms with Crippen molar-refractivity contribution in [2.45, 2.75) is 13.0 Å². The lowest BCUT2D eigenvalue weighted by Gasteiger charge is -2.20. The van der Waals surface area contributed by atoms with Crippen molar-refractivity contribution in [3.8, 4) is 11.4 Å². The van der Waals surface area contributed by atoms with Crippen LogP contribution >= 0.6 is 15.9 Å². The summed E-state index contributed by atoms with van der Waals surface area (Å²) in [6, 6.07) is 10.1. The second-order valence-electron chi connectivity index (χ2n) is 6.08. The van der Waals surface area contributed by atoms with Crippen LogP contribution in [0, 0.1) is 0 Å². The van der Waals surface area contributed by atoms with E-state index >= 15 is 0 Å². The van der Waals surface area contributed by atoms with Crippen molar-refractivity contribution < 1.29 is 0 Å². The van der Waals surface area contributed by atoms with Crippen LogP contribution in [0.5, 0.6) is 0 Å². The highest BCUT2D eigenvalue weighted by Crippen LogP contribution is 2.25. The van der Waals surface area contributed by atoms with Crippen LogP contribution in [0.4, 0.5) is 0 Å². The van der Waals surface area contributed by atoms with Gasteiger partial charge in [0, 0.05) is 36.5 Å². The first-order valence-electron chi connectivity index (χ1n) is 8.32. The summed E-state index contributed by atoms with van der Waals surface area (Å²) in [6.07, 6.45) is 5.11. The standard InChI is InChI=1S/C18H20BrN5/c19-14-5-6-17-22-18(15-4-1-2-8-21-15)16(24(17)12-14)13-23-10-3-7-20-9-11-23/h1-2,4-6,8,12,20H,3,7,9-11,13H2. The number of pyridine rings is 2. The first-order valence-corrected chi connectivity index (χ1v) is 9.11. The van der Waals surface area contributed by atoms with E-state index in [9.17, 15) is 0 Å². The number of nitrogens with one attached hydrogen (secondary N) is 1. The van der Waals surface area contributed by atoms with Gasteiger partial charge in [0.25, 0.3) is 0 Å². The third-order valence-electron chi connectivity index (χ3n) is 4.39. The van der Waals surface area contributed by atoms with Crippen LogP contribution in [0.25, 0.3) is 17.0 Å². The molecule has 0 unspecified atom stereocenters. The molecule has 0 saturated carbocycles. The number of hydrogen-bond acceptors (Lipinski definition) is 4. The van der Waals surface area contributed by atoms with Gasteiger partial charge in [-0.25, -0.2) is 4.98 Å². The van der Waals surface area contributed by atoms with Gasteiger partial charge in [0.05, 0.1) is 11.4 Å². The third-order valence-corrected chi connectivity index (χ3v) is 4.86. The lowest BCUT2D eigenvalue weighted by Crippen LogP contribution is -2.28. The zero-order chi connectivity index (χ0) is 16.4. The summed E-state index contributed by atoms with van der Waals surface area (Å²) in [6.45, 7) is 5.19. The van der Waals surface area contributed by atoms with Crippen molar-refractivity contribution in [1.82, 2.24) is 24.6 Å². The van der Waals surface area contributed by atoms with Gasteiger partial charge in [-0.3, -0.25) is 9.88 Å². The van der Waals surface area contributed by atoms with Crippen molar-refractivity contribution in [3.63, 3.8) is 0 Å². The predicted molar refractivity (Wildman–Crippen MR) is 98.9 cm³/mol. The summed E-state index contributed by atoms with van der Waals surface area (Å²) in [5, 5.41) is 3.47. The topological polar surface area (TPSA) is 45.5 Å². The molecule has 5 nitrogen and oxygen atoms in total. The average molecular weight is 386 g/mol. The molecule has 3 aromatic heterocycles. The van der Waals surface area contributed by atoms with Crippen molar-refractivity contribution in [2.24, 2.45) is 0 Å². The van der Waals surface area contributed by atoms with E-state index in [0.29, 0.717) is 0 Å². The lowest BCUT2D eigenvalue weighted by atomic mass is 10.2. The maximum Gasteiger partial charge on any atom is 0.137 e. The van der Waals surface area contributed by atoms with Crippen LogP contribution in [0.2, 0.25) is 0 Å². The van der Waals surface area contributed by atoms with Gasteiger partial charge in [-0.2, -0.15) is 0 Å². The minimum Gasteiger partial charge on any atom is -0.315 e. The Balaban J connectivity index is 1.79. The summed E-state index contributed by atoms with van der Waals surface area (Å²) in [4.78, 5) is 11.9. The number of fused-ring (bicyclic) bond motifs is 1. The molecule has 6 heteroatoms. The van der Waals surface area contributed by atoms with Crippen molar-refractivity contribution in [2.75, 3.05) is 26.2 Å². The molecule has 1 aliphatic rings. The second kappa shape index (κ2) is 7.01. The van der Waals surface area contributed by atoms with Gasteiger partial charge in [0.15, 0.2) is 0 Å². The second-order valence-corrected chi connectivity index (χ2v) is 6.99. The van der Waals surface area contributed by atoms with E-state index in [1.165, 1.54) is 12.1 Å². The zero-order valence-electron chi connectivity index (χ0n) is 13.5. The SMILES string of the molecule is Brc1ccc2nc(-c3ccccn3)c(CN3CCCNCC3)n2c1. The number of imidazole rings is 1. The largest absolute Gasteiger partial charge is 0.315 e. The van der Waals surface area contributed by atoms with E-state index in [-0.39, 0.29) is 0 Å². The maximum atomic E-state index is 4.85. The van der Waals surface area contributed by atoms with E-state index < -0.39 is 0 Å². The molecule has 0 radical (unpaired) electrons. The molecule has 3 aromatic rings. The Morgan fingerprint density at radius 2 is 2.08 bits per heavy atom. The van der Waals surface area contributed by atoms with Crippen molar-refractivity contribution >= 4 is 21.6 Å². The minimum absolute atomic E-state index is 0.880. The van der Waals surface area contributed by atoms with E-state index in [0.717, 1.165) is 54.2 Å². The van der Waals surface area contributed by atoms with Crippen LogP contribution in [0.15, 0.2) is 47.2 Å². The molecule has 0 aromatic carbocycles. The number of hydrogen-bond donors (Lipinski definition) is 1. The summed E-state index contributed by atoms with van der Waals surface area (Å²) >= 11 is 3.58. The van der Waals surface area contributed by atoms with E-state index in [1.54, 1.807) is 0 Å². The fourth-order valence-corrected chi connectivity index (χ4v) is 3.53. The Morgan fingerprint density at radius 1 is 1.12 bits per heavy atom. The smallest absolute Gasteiger partial charge is 0.137 e. The van der Waals surface area contributed by atoms with Gasteiger partial charge in [0.2, 0.25) is 0 Å². The molecule has 0 bridgehead atoms. The number of aromatic nitrogens is 3. The molecule has 4 rings (SSSR count). The van der Waals surface area contributed by atoms with Crippen LogP contribution < -0.4 is 5.32 Å². The highest BCUT2D eigenvalue weighted by molar-refractivity contribution is 9.10. The molecule has 1 fully saturated rings. The molecular formula is C18H20BrN5. The van der Waals surface area contributed by atoms with Gasteiger partial charge in [0.1, 0.15) is 11.3 Å². The van der Waals surface area contributed by atoms with Crippen LogP contribution in [0.3, 0.4) is 0 Å². The fourth-order valence-electron chi connectivity index (χ4n) is 3.20.